The van der Waals surface area contributed by atoms with Crippen LogP contribution >= 0.6 is 35.3 Å². The molecule has 0 saturated heterocycles. The molecule has 0 saturated carbocycles. The minimum Gasteiger partial charge on any atom is -0.493 e. The summed E-state index contributed by atoms with van der Waals surface area (Å²) in [5.41, 5.74) is 1.13. The van der Waals surface area contributed by atoms with Crippen LogP contribution in [0.25, 0.3) is 0 Å². The van der Waals surface area contributed by atoms with E-state index in [1.165, 1.54) is 4.88 Å². The normalized spacial score (nSPS) is 11.2. The second-order valence-corrected chi connectivity index (χ2v) is 7.58. The zero-order chi connectivity index (χ0) is 18.1. The molecule has 0 aliphatic heterocycles. The van der Waals surface area contributed by atoms with Gasteiger partial charge in [-0.3, -0.25) is 0 Å². The van der Waals surface area contributed by atoms with Crippen LogP contribution in [-0.2, 0) is 13.1 Å². The quantitative estimate of drug-likeness (QED) is 0.330. The Morgan fingerprint density at radius 1 is 1.31 bits per heavy atom. The van der Waals surface area contributed by atoms with Crippen LogP contribution in [0, 0.1) is 12.8 Å². The van der Waals surface area contributed by atoms with E-state index < -0.39 is 0 Å². The van der Waals surface area contributed by atoms with E-state index in [9.17, 15) is 0 Å². The first kappa shape index (κ1) is 22.7. The molecular formula is C19H29IN4OS. The van der Waals surface area contributed by atoms with E-state index in [1.807, 2.05) is 18.3 Å². The van der Waals surface area contributed by atoms with Crippen LogP contribution in [-0.4, -0.2) is 24.1 Å². The summed E-state index contributed by atoms with van der Waals surface area (Å²) in [6, 6.07) is 8.13. The second-order valence-electron chi connectivity index (χ2n) is 6.27. The summed E-state index contributed by atoms with van der Waals surface area (Å²) in [4.78, 5) is 10.2. The summed E-state index contributed by atoms with van der Waals surface area (Å²) in [6.45, 7) is 11.2. The number of nitrogens with one attached hydrogen (secondary N) is 2. The van der Waals surface area contributed by atoms with Gasteiger partial charge in [-0.2, -0.15) is 0 Å². The number of aliphatic imine (C=N–C) groups is 1. The fourth-order valence-electron chi connectivity index (χ4n) is 2.15. The fourth-order valence-corrected chi connectivity index (χ4v) is 2.88. The number of rotatable bonds is 8. The van der Waals surface area contributed by atoms with Gasteiger partial charge in [-0.15, -0.1) is 35.3 Å². The number of ether oxygens (including phenoxy) is 1. The van der Waals surface area contributed by atoms with Gasteiger partial charge in [-0.1, -0.05) is 26.0 Å². The van der Waals surface area contributed by atoms with Gasteiger partial charge in [0.25, 0.3) is 0 Å². The predicted molar refractivity (Wildman–Crippen MR) is 121 cm³/mol. The molecule has 0 aliphatic rings. The highest BCUT2D eigenvalue weighted by Crippen LogP contribution is 2.15. The monoisotopic (exact) mass is 488 g/mol. The maximum Gasteiger partial charge on any atom is 0.191 e. The lowest BCUT2D eigenvalue weighted by Gasteiger charge is -2.11. The van der Waals surface area contributed by atoms with Crippen molar-refractivity contribution in [3.05, 3.63) is 45.9 Å². The number of nitrogens with zero attached hydrogens (tertiary/aromatic N) is 2. The summed E-state index contributed by atoms with van der Waals surface area (Å²) in [7, 11) is 0. The van der Waals surface area contributed by atoms with Crippen molar-refractivity contribution in [2.75, 3.05) is 13.2 Å². The van der Waals surface area contributed by atoms with Gasteiger partial charge in [0.2, 0.25) is 0 Å². The van der Waals surface area contributed by atoms with Crippen LogP contribution < -0.4 is 15.4 Å². The average Bonchev–Trinajstić information content (AvgIpc) is 3.01. The molecule has 0 unspecified atom stereocenters. The number of thiazole rings is 1. The van der Waals surface area contributed by atoms with E-state index >= 15 is 0 Å². The van der Waals surface area contributed by atoms with Crippen molar-refractivity contribution in [1.29, 1.82) is 0 Å². The maximum absolute atomic E-state index is 5.78. The van der Waals surface area contributed by atoms with Crippen molar-refractivity contribution in [2.45, 2.75) is 40.8 Å². The number of benzene rings is 1. The van der Waals surface area contributed by atoms with Gasteiger partial charge in [0.15, 0.2) is 5.96 Å². The molecule has 7 heteroatoms. The molecule has 144 valence electrons. The van der Waals surface area contributed by atoms with Crippen molar-refractivity contribution in [3.8, 4) is 5.75 Å². The first-order chi connectivity index (χ1) is 12.1. The van der Waals surface area contributed by atoms with E-state index in [0.29, 0.717) is 19.0 Å². The Balaban J connectivity index is 0.00000338. The van der Waals surface area contributed by atoms with Crippen molar-refractivity contribution >= 4 is 41.3 Å². The molecule has 2 N–H and O–H groups in total. The van der Waals surface area contributed by atoms with Crippen LogP contribution in [0.15, 0.2) is 35.5 Å². The highest BCUT2D eigenvalue weighted by atomic mass is 127. The molecule has 0 radical (unpaired) electrons. The zero-order valence-electron chi connectivity index (χ0n) is 15.9. The molecule has 2 aromatic rings. The first-order valence-corrected chi connectivity index (χ1v) is 9.53. The third kappa shape index (κ3) is 8.35. The molecule has 0 spiro atoms. The van der Waals surface area contributed by atoms with Crippen molar-refractivity contribution in [2.24, 2.45) is 10.9 Å². The van der Waals surface area contributed by atoms with E-state index in [1.54, 1.807) is 11.3 Å². The smallest absolute Gasteiger partial charge is 0.191 e. The van der Waals surface area contributed by atoms with Crippen LogP contribution in [0.1, 0.15) is 36.2 Å². The lowest BCUT2D eigenvalue weighted by atomic mass is 10.2. The zero-order valence-corrected chi connectivity index (χ0v) is 19.1. The van der Waals surface area contributed by atoms with Crippen LogP contribution in [0.4, 0.5) is 0 Å². The Morgan fingerprint density at radius 2 is 2.12 bits per heavy atom. The number of aromatic nitrogens is 1. The number of hydrogen-bond donors (Lipinski definition) is 2. The molecule has 26 heavy (non-hydrogen) atoms. The molecular weight excluding hydrogens is 459 g/mol. The van der Waals surface area contributed by atoms with Gasteiger partial charge < -0.3 is 15.4 Å². The Labute approximate surface area is 177 Å². The SMILES string of the molecule is CCNC(=NCc1cccc(OCC(C)C)c1)NCc1ncc(C)s1.I. The number of aryl methyl sites for hydroxylation is 1. The summed E-state index contributed by atoms with van der Waals surface area (Å²) in [6.07, 6.45) is 1.90. The summed E-state index contributed by atoms with van der Waals surface area (Å²) < 4.78 is 5.78. The van der Waals surface area contributed by atoms with Gasteiger partial charge >= 0.3 is 0 Å². The van der Waals surface area contributed by atoms with Crippen molar-refractivity contribution < 1.29 is 4.74 Å². The number of guanidine groups is 1. The van der Waals surface area contributed by atoms with E-state index in [4.69, 9.17) is 4.74 Å². The third-order valence-corrected chi connectivity index (χ3v) is 4.23. The Kier molecular flexibility index (Phi) is 10.6. The van der Waals surface area contributed by atoms with E-state index in [0.717, 1.165) is 35.4 Å². The molecule has 5 nitrogen and oxygen atoms in total. The fraction of sp³-hybridized carbons (Fsp3) is 0.474. The van der Waals surface area contributed by atoms with Gasteiger partial charge in [0.1, 0.15) is 10.8 Å². The molecule has 0 fully saturated rings. The van der Waals surface area contributed by atoms with Gasteiger partial charge in [0.05, 0.1) is 19.7 Å². The molecule has 0 atom stereocenters. The van der Waals surface area contributed by atoms with E-state index in [2.05, 4.69) is 60.4 Å². The average molecular weight is 488 g/mol. The predicted octanol–water partition coefficient (Wildman–Crippen LogP) is 4.36. The number of halogens is 1. The topological polar surface area (TPSA) is 58.5 Å². The molecule has 1 aromatic carbocycles. The molecule has 1 aromatic heterocycles. The summed E-state index contributed by atoms with van der Waals surface area (Å²) in [5, 5.41) is 7.66. The third-order valence-electron chi connectivity index (χ3n) is 3.32. The second kappa shape index (κ2) is 12.1. The summed E-state index contributed by atoms with van der Waals surface area (Å²) in [5.74, 6) is 2.21. The highest BCUT2D eigenvalue weighted by Gasteiger charge is 2.03. The molecule has 0 aliphatic carbocycles. The Bertz CT molecular complexity index is 688. The first-order valence-electron chi connectivity index (χ1n) is 8.72. The van der Waals surface area contributed by atoms with Crippen molar-refractivity contribution in [3.63, 3.8) is 0 Å². The van der Waals surface area contributed by atoms with Gasteiger partial charge in [0, 0.05) is 17.6 Å². The lowest BCUT2D eigenvalue weighted by molar-refractivity contribution is 0.271. The van der Waals surface area contributed by atoms with Gasteiger partial charge in [-0.05, 0) is 37.5 Å². The van der Waals surface area contributed by atoms with Crippen LogP contribution in [0.5, 0.6) is 5.75 Å². The summed E-state index contributed by atoms with van der Waals surface area (Å²) >= 11 is 1.70. The highest BCUT2D eigenvalue weighted by molar-refractivity contribution is 14.0. The molecule has 0 bridgehead atoms. The van der Waals surface area contributed by atoms with Crippen molar-refractivity contribution in [1.82, 2.24) is 15.6 Å². The number of hydrogen-bond acceptors (Lipinski definition) is 4. The molecule has 0 amide bonds. The maximum atomic E-state index is 5.78. The van der Waals surface area contributed by atoms with E-state index in [-0.39, 0.29) is 24.0 Å². The standard InChI is InChI=1S/C19H28N4OS.HI/c1-5-20-19(23-12-18-21-10-15(4)25-18)22-11-16-7-6-8-17(9-16)24-13-14(2)3;/h6-10,14H,5,11-13H2,1-4H3,(H2,20,22,23);1H. The molecule has 2 rings (SSSR count). The van der Waals surface area contributed by atoms with Crippen LogP contribution in [0.2, 0.25) is 0 Å². The molecule has 1 heterocycles. The Hall–Kier alpha value is -1.35. The van der Waals surface area contributed by atoms with Gasteiger partial charge in [-0.25, -0.2) is 9.98 Å². The largest absolute Gasteiger partial charge is 0.493 e. The Morgan fingerprint density at radius 3 is 2.77 bits per heavy atom. The minimum absolute atomic E-state index is 0. The lowest BCUT2D eigenvalue weighted by Crippen LogP contribution is -2.36. The van der Waals surface area contributed by atoms with Crippen LogP contribution in [0.3, 0.4) is 0 Å². The minimum atomic E-state index is 0.